The molecule has 4 aliphatic carbocycles. The minimum absolute atomic E-state index is 0.0857. The lowest BCUT2D eigenvalue weighted by molar-refractivity contribution is -0.777. The Morgan fingerprint density at radius 3 is 1.84 bits per heavy atom. The quantitative estimate of drug-likeness (QED) is 0.0706. The third kappa shape index (κ3) is 8.95. The molecule has 0 fully saturated rings. The minimum Gasteiger partial charge on any atom is -0.691 e. The van der Waals surface area contributed by atoms with Crippen molar-refractivity contribution in [2.75, 3.05) is 13.2 Å². The average Bonchev–Trinajstić information content (AvgIpc) is 3.19. The van der Waals surface area contributed by atoms with Crippen molar-refractivity contribution in [3.63, 3.8) is 0 Å². The van der Waals surface area contributed by atoms with Gasteiger partial charge in [0.15, 0.2) is 23.1 Å². The van der Waals surface area contributed by atoms with Gasteiger partial charge in [-0.05, 0) is 12.1 Å². The van der Waals surface area contributed by atoms with E-state index in [9.17, 15) is 56.8 Å². The molecule has 4 aliphatic rings. The number of Topliss-reactive ketones (excluding diaryl/α,β-unsaturated/α-hetero) is 4. The summed E-state index contributed by atoms with van der Waals surface area (Å²) in [7, 11) is 0. The third-order valence-electron chi connectivity index (χ3n) is 8.16. The van der Waals surface area contributed by atoms with Gasteiger partial charge in [0.1, 0.15) is 48.8 Å². The second-order valence-corrected chi connectivity index (χ2v) is 12.9. The van der Waals surface area contributed by atoms with Crippen LogP contribution in [0.4, 0.5) is 17.6 Å². The molecule has 0 N–H and O–H groups in total. The standard InChI is InChI=1S/C18H14F2O8S.C16H10F2O7S/c19-18(20,29-28-27-24)17(23)26-9-8-25-13-7-3-6-12-14(13)16(22)11-5-2-1-4-10(11)15(12)21;17-16(18,26-25-24-22)15(21)23-11-7-3-6-10-12(11)14(20)9-5-2-1-4-8(9)13(10)19/h1-7,10-11,24H,8-9H2;1-7,10,12,22H/p-2. The highest BCUT2D eigenvalue weighted by molar-refractivity contribution is 7.96. The molecule has 0 heterocycles. The number of hydrogen-bond donors (Lipinski definition) is 0. The van der Waals surface area contributed by atoms with Gasteiger partial charge in [0.25, 0.3) is 0 Å². The number of carbonyl (C=O) groups excluding carboxylic acids is 6. The Hall–Kier alpha value is -5.00. The van der Waals surface area contributed by atoms with E-state index in [1.807, 2.05) is 0 Å². The van der Waals surface area contributed by atoms with Crippen molar-refractivity contribution in [2.45, 2.75) is 10.5 Å². The molecule has 6 rings (SSSR count). The molecule has 4 atom stereocenters. The number of ketones is 4. The van der Waals surface area contributed by atoms with Crippen molar-refractivity contribution < 1.29 is 89.8 Å². The number of halogens is 4. The van der Waals surface area contributed by atoms with Gasteiger partial charge >= 0.3 is 22.4 Å². The van der Waals surface area contributed by atoms with Crippen LogP contribution in [0.3, 0.4) is 0 Å². The van der Waals surface area contributed by atoms with Crippen LogP contribution in [0.25, 0.3) is 0 Å². The Bertz CT molecular complexity index is 2000. The molecule has 290 valence electrons. The summed E-state index contributed by atoms with van der Waals surface area (Å²) in [5.41, 5.74) is 0.661. The summed E-state index contributed by atoms with van der Waals surface area (Å²) in [5.74, 6) is -9.17. The Labute approximate surface area is 314 Å². The average molecular weight is 811 g/mol. The maximum Gasteiger partial charge on any atom is 0.416 e. The molecular weight excluding hydrogens is 788 g/mol. The van der Waals surface area contributed by atoms with Gasteiger partial charge in [0, 0.05) is 16.7 Å². The summed E-state index contributed by atoms with van der Waals surface area (Å²) in [6.45, 7) is -0.930. The molecule has 21 heteroatoms. The number of carbonyl (C=O) groups is 6. The van der Waals surface area contributed by atoms with Gasteiger partial charge in [0.05, 0.1) is 29.2 Å². The number of benzene rings is 2. The molecule has 0 spiro atoms. The van der Waals surface area contributed by atoms with Crippen LogP contribution < -0.4 is 15.3 Å². The molecule has 0 radical (unpaired) electrons. The fourth-order valence-electron chi connectivity index (χ4n) is 5.83. The second kappa shape index (κ2) is 17.6. The summed E-state index contributed by atoms with van der Waals surface area (Å²) in [5, 5.41) is 16.3. The summed E-state index contributed by atoms with van der Waals surface area (Å²) >= 11 is -1.65. The first-order valence-electron chi connectivity index (χ1n) is 15.4. The van der Waals surface area contributed by atoms with Gasteiger partial charge in [-0.15, -0.1) is 0 Å². The molecule has 0 amide bonds. The molecule has 0 aliphatic heterocycles. The van der Waals surface area contributed by atoms with E-state index in [0.29, 0.717) is 0 Å². The second-order valence-electron chi connectivity index (χ2n) is 11.3. The Balaban J connectivity index is 0.000000212. The lowest BCUT2D eigenvalue weighted by Crippen LogP contribution is -2.40. The van der Waals surface area contributed by atoms with E-state index < -0.39 is 88.4 Å². The van der Waals surface area contributed by atoms with Crippen molar-refractivity contribution in [3.05, 3.63) is 113 Å². The molecule has 15 nitrogen and oxygen atoms in total. The van der Waals surface area contributed by atoms with Crippen molar-refractivity contribution in [1.82, 2.24) is 0 Å². The van der Waals surface area contributed by atoms with E-state index >= 15 is 0 Å². The summed E-state index contributed by atoms with van der Waals surface area (Å²) in [6, 6.07) is 10.6. The Morgan fingerprint density at radius 2 is 1.20 bits per heavy atom. The maximum absolute atomic E-state index is 13.5. The van der Waals surface area contributed by atoms with Gasteiger partial charge in [-0.2, -0.15) is 26.2 Å². The van der Waals surface area contributed by atoms with Crippen LogP contribution in [0.5, 0.6) is 5.75 Å². The van der Waals surface area contributed by atoms with Crippen LogP contribution >= 0.6 is 24.1 Å². The van der Waals surface area contributed by atoms with E-state index in [4.69, 9.17) is 4.74 Å². The molecule has 0 bridgehead atoms. The van der Waals surface area contributed by atoms with Crippen LogP contribution in [0, 0.1) is 23.7 Å². The van der Waals surface area contributed by atoms with Gasteiger partial charge in [-0.25, -0.2) is 9.59 Å². The van der Waals surface area contributed by atoms with E-state index in [1.165, 1.54) is 42.5 Å². The van der Waals surface area contributed by atoms with Gasteiger partial charge in [-0.1, -0.05) is 72.9 Å². The number of allylic oxidation sites excluding steroid dienone is 8. The minimum atomic E-state index is -4.26. The number of ether oxygens (including phenoxy) is 3. The topological polar surface area (TPSA) is 213 Å². The highest BCUT2D eigenvalue weighted by Crippen LogP contribution is 2.41. The number of esters is 2. The summed E-state index contributed by atoms with van der Waals surface area (Å²) < 4.78 is 74.8. The van der Waals surface area contributed by atoms with Crippen LogP contribution in [-0.2, 0) is 37.8 Å². The van der Waals surface area contributed by atoms with Gasteiger partial charge < -0.3 is 24.7 Å². The molecule has 0 aromatic heterocycles. The Morgan fingerprint density at radius 1 is 0.655 bits per heavy atom. The fourth-order valence-corrected chi connectivity index (χ4v) is 6.30. The van der Waals surface area contributed by atoms with E-state index in [0.717, 1.165) is 6.08 Å². The summed E-state index contributed by atoms with van der Waals surface area (Å²) in [4.78, 5) is 73.7. The number of fused-ring (bicyclic) bond motifs is 4. The SMILES string of the molecule is O=C1c2cccc(OCCOC(=O)C(F)(F)SOO[O-])c2C(=O)C2C=CC=CC12.O=C1c2ccccc2C(=O)C2C(OC(=O)C(F)(F)SOO[O-])=CC=CC12. The van der Waals surface area contributed by atoms with E-state index in [2.05, 4.69) is 28.2 Å². The lowest BCUT2D eigenvalue weighted by Gasteiger charge is -2.31. The predicted molar refractivity (Wildman–Crippen MR) is 172 cm³/mol. The van der Waals surface area contributed by atoms with E-state index in [1.54, 1.807) is 36.4 Å². The van der Waals surface area contributed by atoms with Crippen LogP contribution in [0.15, 0.2) is 90.8 Å². The first-order valence-corrected chi connectivity index (χ1v) is 16.9. The highest BCUT2D eigenvalue weighted by Gasteiger charge is 2.49. The van der Waals surface area contributed by atoms with Gasteiger partial charge in [0.2, 0.25) is 0 Å². The molecule has 4 unspecified atom stereocenters. The third-order valence-corrected chi connectivity index (χ3v) is 9.16. The zero-order chi connectivity index (χ0) is 39.9. The zero-order valence-electron chi connectivity index (χ0n) is 27.3. The van der Waals surface area contributed by atoms with Crippen molar-refractivity contribution in [2.24, 2.45) is 23.7 Å². The molecular formula is C34H22F4O15S2-2. The van der Waals surface area contributed by atoms with Crippen LogP contribution in [0.1, 0.15) is 41.4 Å². The first kappa shape index (κ1) is 41.2. The monoisotopic (exact) mass is 810 g/mol. The number of hydrogen-bond acceptors (Lipinski definition) is 17. The normalized spacial score (nSPS) is 20.9. The number of rotatable bonds is 13. The highest BCUT2D eigenvalue weighted by atomic mass is 32.2. The van der Waals surface area contributed by atoms with Crippen molar-refractivity contribution in [3.8, 4) is 5.75 Å². The first-order chi connectivity index (χ1) is 26.2. The molecule has 2 aromatic carbocycles. The van der Waals surface area contributed by atoms with Crippen molar-refractivity contribution in [1.29, 1.82) is 0 Å². The molecule has 2 aromatic rings. The van der Waals surface area contributed by atoms with Gasteiger partial charge in [-0.3, -0.25) is 29.3 Å². The zero-order valence-corrected chi connectivity index (χ0v) is 28.9. The van der Waals surface area contributed by atoms with Crippen LogP contribution in [-0.4, -0.2) is 58.8 Å². The smallest absolute Gasteiger partial charge is 0.416 e. The molecule has 0 saturated carbocycles. The molecule has 0 saturated heterocycles. The largest absolute Gasteiger partial charge is 0.691 e. The maximum atomic E-state index is 13.5. The van der Waals surface area contributed by atoms with Crippen LogP contribution in [0.2, 0.25) is 0 Å². The van der Waals surface area contributed by atoms with Crippen molar-refractivity contribution >= 4 is 59.2 Å². The fraction of sp³-hybridized carbons (Fsp3) is 0.235. The molecule has 55 heavy (non-hydrogen) atoms. The lowest BCUT2D eigenvalue weighted by atomic mass is 9.71. The number of alkyl halides is 4. The van der Waals surface area contributed by atoms with E-state index in [-0.39, 0.29) is 52.0 Å². The Kier molecular flexibility index (Phi) is 13.2. The predicted octanol–water partition coefficient (Wildman–Crippen LogP) is 3.57. The summed E-state index contributed by atoms with van der Waals surface area (Å²) in [6.07, 6.45) is 10.6.